The maximum Gasteiger partial charge on any atom is 0.277 e. The van der Waals surface area contributed by atoms with Gasteiger partial charge in [0.25, 0.3) is 11.1 Å². The summed E-state index contributed by atoms with van der Waals surface area (Å²) in [6.45, 7) is 6.73. The van der Waals surface area contributed by atoms with E-state index in [1.165, 1.54) is 18.2 Å². The molecular formula is C19H25N3O3S. The molecule has 1 aromatic heterocycles. The molecule has 2 atom stereocenters. The first-order valence-corrected chi connectivity index (χ1v) is 10.1. The third-order valence-electron chi connectivity index (χ3n) is 4.62. The molecule has 0 saturated carbocycles. The van der Waals surface area contributed by atoms with Crippen LogP contribution in [0.2, 0.25) is 0 Å². The zero-order chi connectivity index (χ0) is 18.5. The van der Waals surface area contributed by atoms with Gasteiger partial charge in [0, 0.05) is 12.1 Å². The number of carbonyl (C=O) groups is 1. The van der Waals surface area contributed by atoms with Crippen molar-refractivity contribution in [3.05, 3.63) is 24.3 Å². The number of amides is 1. The average Bonchev–Trinajstić information content (AvgIpc) is 3.09. The molecule has 7 heteroatoms. The van der Waals surface area contributed by atoms with Gasteiger partial charge in [-0.25, -0.2) is 0 Å². The number of piperidine rings is 1. The number of rotatable bonds is 6. The van der Waals surface area contributed by atoms with Crippen LogP contribution in [0, 0.1) is 0 Å². The first-order valence-electron chi connectivity index (χ1n) is 9.09. The first-order chi connectivity index (χ1) is 12.6. The summed E-state index contributed by atoms with van der Waals surface area (Å²) in [5.41, 5.74) is 0.762. The van der Waals surface area contributed by atoms with E-state index in [1.807, 2.05) is 36.1 Å². The number of para-hydroxylation sites is 1. The number of likely N-dealkylation sites (tertiary alicyclic amines) is 1. The second kappa shape index (κ2) is 8.58. The van der Waals surface area contributed by atoms with Gasteiger partial charge in [-0.15, -0.1) is 10.2 Å². The molecule has 3 rings (SSSR count). The second-order valence-electron chi connectivity index (χ2n) is 6.52. The van der Waals surface area contributed by atoms with Crippen molar-refractivity contribution in [3.8, 4) is 17.2 Å². The number of ether oxygens (including phenoxy) is 1. The highest BCUT2D eigenvalue weighted by Gasteiger charge is 2.29. The van der Waals surface area contributed by atoms with Gasteiger partial charge in [0.2, 0.25) is 5.91 Å². The second-order valence-corrected chi connectivity index (χ2v) is 7.45. The smallest absolute Gasteiger partial charge is 0.277 e. The normalized spacial score (nSPS) is 20.2. The summed E-state index contributed by atoms with van der Waals surface area (Å²) in [6, 6.07) is 8.15. The van der Waals surface area contributed by atoms with E-state index in [2.05, 4.69) is 24.0 Å². The molecule has 1 fully saturated rings. The van der Waals surface area contributed by atoms with E-state index in [9.17, 15) is 4.79 Å². The number of hydrogen-bond acceptors (Lipinski definition) is 6. The number of thioether (sulfide) groups is 1. The topological polar surface area (TPSA) is 68.5 Å². The lowest BCUT2D eigenvalue weighted by Crippen LogP contribution is -2.48. The van der Waals surface area contributed by atoms with Gasteiger partial charge in [-0.05, 0) is 52.2 Å². The Bertz CT molecular complexity index is 739. The Morgan fingerprint density at radius 2 is 2.00 bits per heavy atom. The number of carbonyl (C=O) groups excluding carboxylic acids is 1. The fourth-order valence-electron chi connectivity index (χ4n) is 3.41. The van der Waals surface area contributed by atoms with E-state index in [4.69, 9.17) is 9.15 Å². The van der Waals surface area contributed by atoms with Crippen molar-refractivity contribution in [2.45, 2.75) is 57.3 Å². The molecule has 1 aliphatic heterocycles. The first kappa shape index (κ1) is 18.8. The van der Waals surface area contributed by atoms with E-state index >= 15 is 0 Å². The molecule has 0 radical (unpaired) electrons. The zero-order valence-electron chi connectivity index (χ0n) is 15.5. The highest BCUT2D eigenvalue weighted by atomic mass is 32.2. The summed E-state index contributed by atoms with van der Waals surface area (Å²) in [7, 11) is 0. The zero-order valence-corrected chi connectivity index (χ0v) is 16.3. The Labute approximate surface area is 158 Å². The molecule has 0 spiro atoms. The molecule has 140 valence electrons. The molecule has 1 amide bonds. The van der Waals surface area contributed by atoms with Crippen molar-refractivity contribution >= 4 is 17.7 Å². The molecule has 6 nitrogen and oxygen atoms in total. The van der Waals surface area contributed by atoms with Crippen molar-refractivity contribution < 1.29 is 13.9 Å². The fraction of sp³-hybridized carbons (Fsp3) is 0.526. The molecule has 26 heavy (non-hydrogen) atoms. The maximum absolute atomic E-state index is 12.6. The summed E-state index contributed by atoms with van der Waals surface area (Å²) >= 11 is 1.29. The lowest BCUT2D eigenvalue weighted by Gasteiger charge is -2.39. The van der Waals surface area contributed by atoms with Gasteiger partial charge in [0.15, 0.2) is 0 Å². The molecule has 2 unspecified atom stereocenters. The highest BCUT2D eigenvalue weighted by molar-refractivity contribution is 7.99. The molecule has 1 aliphatic rings. The molecule has 0 N–H and O–H groups in total. The van der Waals surface area contributed by atoms with Gasteiger partial charge >= 0.3 is 0 Å². The van der Waals surface area contributed by atoms with Crippen LogP contribution in [-0.4, -0.2) is 45.4 Å². The minimum atomic E-state index is 0.129. The molecule has 1 aromatic carbocycles. The lowest BCUT2D eigenvalue weighted by molar-refractivity contribution is -0.134. The minimum absolute atomic E-state index is 0.129. The Morgan fingerprint density at radius 3 is 2.73 bits per heavy atom. The van der Waals surface area contributed by atoms with Crippen LogP contribution in [0.15, 0.2) is 33.9 Å². The molecule has 0 aliphatic carbocycles. The summed E-state index contributed by atoms with van der Waals surface area (Å²) < 4.78 is 11.3. The molecule has 2 heterocycles. The number of aromatic nitrogens is 2. The van der Waals surface area contributed by atoms with Crippen LogP contribution in [-0.2, 0) is 4.79 Å². The van der Waals surface area contributed by atoms with E-state index in [0.29, 0.717) is 41.3 Å². The van der Waals surface area contributed by atoms with E-state index < -0.39 is 0 Å². The summed E-state index contributed by atoms with van der Waals surface area (Å²) in [5.74, 6) is 1.55. The fourth-order valence-corrected chi connectivity index (χ4v) is 4.04. The van der Waals surface area contributed by atoms with Gasteiger partial charge in [0.05, 0.1) is 17.9 Å². The highest BCUT2D eigenvalue weighted by Crippen LogP contribution is 2.31. The van der Waals surface area contributed by atoms with Crippen molar-refractivity contribution in [2.24, 2.45) is 0 Å². The van der Waals surface area contributed by atoms with E-state index in [1.54, 1.807) is 0 Å². The van der Waals surface area contributed by atoms with Crippen LogP contribution in [0.25, 0.3) is 11.5 Å². The van der Waals surface area contributed by atoms with Gasteiger partial charge in [-0.3, -0.25) is 4.79 Å². The van der Waals surface area contributed by atoms with Crippen molar-refractivity contribution in [1.29, 1.82) is 0 Å². The van der Waals surface area contributed by atoms with Gasteiger partial charge in [0.1, 0.15) is 5.75 Å². The molecule has 2 aromatic rings. The SMILES string of the molecule is CCOc1ccccc1-c1nnc(SCC(=O)N2C(C)CCCC2C)o1. The third kappa shape index (κ3) is 4.20. The predicted octanol–water partition coefficient (Wildman–Crippen LogP) is 4.02. The van der Waals surface area contributed by atoms with Crippen LogP contribution in [0.3, 0.4) is 0 Å². The van der Waals surface area contributed by atoms with Gasteiger partial charge in [-0.2, -0.15) is 0 Å². The van der Waals surface area contributed by atoms with E-state index in [-0.39, 0.29) is 5.91 Å². The average molecular weight is 375 g/mol. The quantitative estimate of drug-likeness (QED) is 0.711. The number of benzene rings is 1. The minimum Gasteiger partial charge on any atom is -0.493 e. The molecule has 1 saturated heterocycles. The maximum atomic E-state index is 12.6. The molecule has 0 bridgehead atoms. The van der Waals surface area contributed by atoms with Crippen molar-refractivity contribution in [2.75, 3.05) is 12.4 Å². The largest absolute Gasteiger partial charge is 0.493 e. The monoisotopic (exact) mass is 375 g/mol. The van der Waals surface area contributed by atoms with Crippen LogP contribution < -0.4 is 4.74 Å². The third-order valence-corrected chi connectivity index (χ3v) is 5.43. The van der Waals surface area contributed by atoms with Gasteiger partial charge < -0.3 is 14.1 Å². The van der Waals surface area contributed by atoms with Crippen molar-refractivity contribution in [3.63, 3.8) is 0 Å². The standard InChI is InChI=1S/C19H25N3O3S/c1-4-24-16-11-6-5-10-15(16)18-20-21-19(25-18)26-12-17(23)22-13(2)8-7-9-14(22)3/h5-6,10-11,13-14H,4,7-9,12H2,1-3H3. The summed E-state index contributed by atoms with van der Waals surface area (Å²) in [6.07, 6.45) is 3.32. The summed E-state index contributed by atoms with van der Waals surface area (Å²) in [5, 5.41) is 8.58. The Morgan fingerprint density at radius 1 is 1.27 bits per heavy atom. The Balaban J connectivity index is 1.65. The van der Waals surface area contributed by atoms with Gasteiger partial charge in [-0.1, -0.05) is 23.9 Å². The van der Waals surface area contributed by atoms with Crippen molar-refractivity contribution in [1.82, 2.24) is 15.1 Å². The Kier molecular flexibility index (Phi) is 6.19. The van der Waals surface area contributed by atoms with Crippen LogP contribution in [0.4, 0.5) is 0 Å². The van der Waals surface area contributed by atoms with Crippen LogP contribution in [0.5, 0.6) is 5.75 Å². The van der Waals surface area contributed by atoms with E-state index in [0.717, 1.165) is 18.4 Å². The number of hydrogen-bond donors (Lipinski definition) is 0. The predicted molar refractivity (Wildman–Crippen MR) is 101 cm³/mol. The summed E-state index contributed by atoms with van der Waals surface area (Å²) in [4.78, 5) is 14.6. The lowest BCUT2D eigenvalue weighted by atomic mass is 9.98. The molecular weight excluding hydrogens is 350 g/mol. The van der Waals surface area contributed by atoms with Crippen LogP contribution in [0.1, 0.15) is 40.0 Å². The van der Waals surface area contributed by atoms with Crippen LogP contribution >= 0.6 is 11.8 Å². The Hall–Kier alpha value is -2.02. The number of nitrogens with zero attached hydrogens (tertiary/aromatic N) is 3.